The Kier molecular flexibility index (Phi) is 3.50. The number of carbonyl (C=O) groups is 1. The topological polar surface area (TPSA) is 55.6 Å². The maximum atomic E-state index is 13.4. The van der Waals surface area contributed by atoms with Crippen molar-refractivity contribution in [2.45, 2.75) is 6.92 Å². The van der Waals surface area contributed by atoms with Gasteiger partial charge in [-0.1, -0.05) is 0 Å². The molecule has 0 aliphatic carbocycles. The van der Waals surface area contributed by atoms with E-state index < -0.39 is 5.82 Å². The third-order valence-corrected chi connectivity index (χ3v) is 3.34. The summed E-state index contributed by atoms with van der Waals surface area (Å²) in [7, 11) is 1.38. The van der Waals surface area contributed by atoms with E-state index in [1.807, 2.05) is 6.92 Å². The van der Waals surface area contributed by atoms with Gasteiger partial charge in [-0.15, -0.1) is 0 Å². The van der Waals surface area contributed by atoms with Crippen LogP contribution in [0.15, 0.2) is 42.9 Å². The minimum Gasteiger partial charge on any atom is -0.494 e. The Balaban J connectivity index is 1.89. The van der Waals surface area contributed by atoms with Gasteiger partial charge in [-0.25, -0.2) is 9.37 Å². The van der Waals surface area contributed by atoms with Crippen LogP contribution in [0.1, 0.15) is 15.9 Å². The Morgan fingerprint density at radius 3 is 2.95 bits per heavy atom. The number of anilines is 1. The number of rotatable bonds is 3. The Labute approximate surface area is 126 Å². The second-order valence-electron chi connectivity index (χ2n) is 4.87. The smallest absolute Gasteiger partial charge is 0.257 e. The molecular formula is C16H14FN3O2. The summed E-state index contributed by atoms with van der Waals surface area (Å²) >= 11 is 0. The molecule has 0 saturated heterocycles. The van der Waals surface area contributed by atoms with Crippen LogP contribution >= 0.6 is 0 Å². The number of aromatic nitrogens is 2. The zero-order valence-electron chi connectivity index (χ0n) is 12.1. The number of imidazole rings is 1. The molecule has 0 bridgehead atoms. The van der Waals surface area contributed by atoms with Gasteiger partial charge in [0.2, 0.25) is 0 Å². The first-order valence-corrected chi connectivity index (χ1v) is 6.66. The van der Waals surface area contributed by atoms with Crippen LogP contribution in [0.4, 0.5) is 10.1 Å². The van der Waals surface area contributed by atoms with Crippen molar-refractivity contribution >= 4 is 17.2 Å². The van der Waals surface area contributed by atoms with Crippen molar-refractivity contribution in [3.63, 3.8) is 0 Å². The number of benzene rings is 1. The number of methoxy groups -OCH3 is 1. The molecule has 0 saturated carbocycles. The molecule has 1 N–H and O–H groups in total. The van der Waals surface area contributed by atoms with Crippen LogP contribution < -0.4 is 10.1 Å². The molecule has 6 heteroatoms. The highest BCUT2D eigenvalue weighted by atomic mass is 19.1. The number of carbonyl (C=O) groups excluding carboxylic acids is 1. The fraction of sp³-hybridized carbons (Fsp3) is 0.125. The Bertz CT molecular complexity index is 858. The quantitative estimate of drug-likeness (QED) is 0.808. The highest BCUT2D eigenvalue weighted by Crippen LogP contribution is 2.22. The molecule has 112 valence electrons. The van der Waals surface area contributed by atoms with Crippen LogP contribution in [0.25, 0.3) is 5.65 Å². The Hall–Kier alpha value is -2.89. The number of hydrogen-bond acceptors (Lipinski definition) is 3. The lowest BCUT2D eigenvalue weighted by atomic mass is 10.2. The number of hydrogen-bond donors (Lipinski definition) is 1. The maximum Gasteiger partial charge on any atom is 0.257 e. The second kappa shape index (κ2) is 5.48. The summed E-state index contributed by atoms with van der Waals surface area (Å²) in [6.45, 7) is 1.89. The maximum absolute atomic E-state index is 13.4. The third kappa shape index (κ3) is 2.50. The standard InChI is InChI=1S/C16H14FN3O2/c1-10-7-11(9-20-6-5-18-15(10)20)16(21)19-12-3-4-13(17)14(8-12)22-2/h3-9H,1-2H3,(H,19,21). The van der Waals surface area contributed by atoms with Crippen molar-refractivity contribution in [3.8, 4) is 5.75 Å². The number of halogens is 1. The van der Waals surface area contributed by atoms with Crippen molar-refractivity contribution in [3.05, 3.63) is 59.8 Å². The van der Waals surface area contributed by atoms with Crippen molar-refractivity contribution in [2.24, 2.45) is 0 Å². The van der Waals surface area contributed by atoms with E-state index in [0.717, 1.165) is 11.2 Å². The lowest BCUT2D eigenvalue weighted by Crippen LogP contribution is -2.13. The molecular weight excluding hydrogens is 285 g/mol. The van der Waals surface area contributed by atoms with Crippen LogP contribution in [-0.2, 0) is 0 Å². The molecule has 3 rings (SSSR count). The number of ether oxygens (including phenoxy) is 1. The molecule has 2 aromatic heterocycles. The van der Waals surface area contributed by atoms with Crippen molar-refractivity contribution in [1.29, 1.82) is 0 Å². The lowest BCUT2D eigenvalue weighted by molar-refractivity contribution is 0.102. The van der Waals surface area contributed by atoms with Gasteiger partial charge in [0.25, 0.3) is 5.91 Å². The molecule has 0 aliphatic heterocycles. The SMILES string of the molecule is COc1cc(NC(=O)c2cc(C)c3nccn3c2)ccc1F. The first-order valence-electron chi connectivity index (χ1n) is 6.66. The van der Waals surface area contributed by atoms with E-state index in [9.17, 15) is 9.18 Å². The number of pyridine rings is 1. The average Bonchev–Trinajstić information content (AvgIpc) is 2.98. The highest BCUT2D eigenvalue weighted by Gasteiger charge is 2.11. The lowest BCUT2D eigenvalue weighted by Gasteiger charge is -2.09. The predicted molar refractivity (Wildman–Crippen MR) is 80.8 cm³/mol. The summed E-state index contributed by atoms with van der Waals surface area (Å²) in [5.74, 6) is -0.678. The molecule has 0 aliphatic rings. The van der Waals surface area contributed by atoms with Crippen molar-refractivity contribution < 1.29 is 13.9 Å². The summed E-state index contributed by atoms with van der Waals surface area (Å²) in [6.07, 6.45) is 5.15. The molecule has 2 heterocycles. The summed E-state index contributed by atoms with van der Waals surface area (Å²) in [6, 6.07) is 5.94. The fourth-order valence-corrected chi connectivity index (χ4v) is 2.27. The van der Waals surface area contributed by atoms with Crippen LogP contribution in [-0.4, -0.2) is 22.4 Å². The van der Waals surface area contributed by atoms with Crippen LogP contribution in [0.3, 0.4) is 0 Å². The molecule has 3 aromatic rings. The molecule has 1 aromatic carbocycles. The normalized spacial score (nSPS) is 10.7. The van der Waals surface area contributed by atoms with Gasteiger partial charge in [0.1, 0.15) is 5.65 Å². The Morgan fingerprint density at radius 2 is 2.18 bits per heavy atom. The molecule has 5 nitrogen and oxygen atoms in total. The molecule has 0 atom stereocenters. The molecule has 1 amide bonds. The zero-order chi connectivity index (χ0) is 15.7. The van der Waals surface area contributed by atoms with Gasteiger partial charge in [-0.2, -0.15) is 0 Å². The molecule has 22 heavy (non-hydrogen) atoms. The molecule has 0 unspecified atom stereocenters. The first kappa shape index (κ1) is 14.1. The minimum absolute atomic E-state index is 0.0824. The zero-order valence-corrected chi connectivity index (χ0v) is 12.1. The summed E-state index contributed by atoms with van der Waals surface area (Å²) in [5.41, 5.74) is 2.66. The van der Waals surface area contributed by atoms with Crippen LogP contribution in [0, 0.1) is 12.7 Å². The number of nitrogens with zero attached hydrogens (tertiary/aromatic N) is 2. The van der Waals surface area contributed by atoms with Gasteiger partial charge in [0.15, 0.2) is 11.6 Å². The monoisotopic (exact) mass is 299 g/mol. The van der Waals surface area contributed by atoms with Gasteiger partial charge in [0.05, 0.1) is 12.7 Å². The van der Waals surface area contributed by atoms with E-state index in [2.05, 4.69) is 10.3 Å². The fourth-order valence-electron chi connectivity index (χ4n) is 2.27. The van der Waals surface area contributed by atoms with Crippen LogP contribution in [0.5, 0.6) is 5.75 Å². The Morgan fingerprint density at radius 1 is 1.36 bits per heavy atom. The number of fused-ring (bicyclic) bond motifs is 1. The van der Waals surface area contributed by atoms with E-state index in [0.29, 0.717) is 11.3 Å². The number of amides is 1. The number of aryl methyl sites for hydroxylation is 1. The van der Waals surface area contributed by atoms with Gasteiger partial charge in [0, 0.05) is 30.3 Å². The van der Waals surface area contributed by atoms with Gasteiger partial charge in [-0.3, -0.25) is 4.79 Å². The van der Waals surface area contributed by atoms with E-state index in [1.54, 1.807) is 29.1 Å². The summed E-state index contributed by atoms with van der Waals surface area (Å²) < 4.78 is 20.1. The van der Waals surface area contributed by atoms with Crippen LogP contribution in [0.2, 0.25) is 0 Å². The van der Waals surface area contributed by atoms with Gasteiger partial charge >= 0.3 is 0 Å². The summed E-state index contributed by atoms with van der Waals surface area (Å²) in [4.78, 5) is 16.5. The molecule has 0 spiro atoms. The van der Waals surface area contributed by atoms with E-state index in [4.69, 9.17) is 4.74 Å². The summed E-state index contributed by atoms with van der Waals surface area (Å²) in [5, 5.41) is 2.72. The third-order valence-electron chi connectivity index (χ3n) is 3.34. The first-order chi connectivity index (χ1) is 10.6. The van der Waals surface area contributed by atoms with E-state index in [-0.39, 0.29) is 11.7 Å². The number of nitrogens with one attached hydrogen (secondary N) is 1. The minimum atomic E-state index is -0.476. The van der Waals surface area contributed by atoms with E-state index in [1.165, 1.54) is 25.3 Å². The van der Waals surface area contributed by atoms with Gasteiger partial charge in [-0.05, 0) is 30.7 Å². The largest absolute Gasteiger partial charge is 0.494 e. The highest BCUT2D eigenvalue weighted by molar-refractivity contribution is 6.04. The average molecular weight is 299 g/mol. The van der Waals surface area contributed by atoms with E-state index >= 15 is 0 Å². The predicted octanol–water partition coefficient (Wildman–Crippen LogP) is 3.04. The van der Waals surface area contributed by atoms with Crippen molar-refractivity contribution in [1.82, 2.24) is 9.38 Å². The van der Waals surface area contributed by atoms with Crippen molar-refractivity contribution in [2.75, 3.05) is 12.4 Å². The molecule has 0 fully saturated rings. The second-order valence-corrected chi connectivity index (χ2v) is 4.87. The molecule has 0 radical (unpaired) electrons. The van der Waals surface area contributed by atoms with Gasteiger partial charge < -0.3 is 14.5 Å².